The van der Waals surface area contributed by atoms with E-state index in [2.05, 4.69) is 36.9 Å². The van der Waals surface area contributed by atoms with Crippen LogP contribution in [0.5, 0.6) is 0 Å². The molecule has 8 amide bonds. The van der Waals surface area contributed by atoms with Gasteiger partial charge in [0.1, 0.15) is 36.3 Å². The molecule has 17 heteroatoms. The number of benzene rings is 3. The lowest BCUT2D eigenvalue weighted by Crippen LogP contribution is -2.60. The Kier molecular flexibility index (Phi) is 20.2. The number of hydrogen-bond acceptors (Lipinski definition) is 8. The number of unbranched alkanes of at least 4 members (excludes halogenated alkanes) is 1. The summed E-state index contributed by atoms with van der Waals surface area (Å²) < 4.78 is 0. The molecule has 2 fully saturated rings. The molecule has 1 saturated carbocycles. The van der Waals surface area contributed by atoms with Crippen LogP contribution in [0.3, 0.4) is 0 Å². The van der Waals surface area contributed by atoms with Gasteiger partial charge < -0.3 is 53.3 Å². The number of carbonyl (C=O) groups is 7. The molecule has 1 aliphatic carbocycles. The van der Waals surface area contributed by atoms with E-state index >= 15 is 0 Å². The summed E-state index contributed by atoms with van der Waals surface area (Å²) in [5.41, 5.74) is 14.9. The number of likely N-dealkylation sites (tertiary alicyclic amines) is 1. The molecule has 1 aliphatic heterocycles. The third kappa shape index (κ3) is 15.4. The van der Waals surface area contributed by atoms with Gasteiger partial charge in [-0.1, -0.05) is 124 Å². The Hall–Kier alpha value is -6.75. The van der Waals surface area contributed by atoms with Crippen LogP contribution in [-0.4, -0.2) is 107 Å². The molecule has 0 spiro atoms. The molecule has 11 N–H and O–H groups in total. The van der Waals surface area contributed by atoms with Gasteiger partial charge in [-0.05, 0) is 73.7 Å². The second-order valence-electron chi connectivity index (χ2n) is 18.8. The number of hydrogen-bond donors (Lipinski definition) is 9. The second kappa shape index (κ2) is 26.9. The smallest absolute Gasteiger partial charge is 0.315 e. The van der Waals surface area contributed by atoms with Gasteiger partial charge in [0, 0.05) is 49.5 Å². The van der Waals surface area contributed by atoms with Crippen molar-refractivity contribution in [3.63, 3.8) is 0 Å². The van der Waals surface area contributed by atoms with Crippen LogP contribution in [0.4, 0.5) is 4.79 Å². The fraction of sp³-hybridized carbons (Fsp3) is 0.491. The summed E-state index contributed by atoms with van der Waals surface area (Å²) in [5.74, 6) is -3.33. The Balaban J connectivity index is 1.21. The van der Waals surface area contributed by atoms with Crippen LogP contribution in [0.15, 0.2) is 91.1 Å². The van der Waals surface area contributed by atoms with Gasteiger partial charge in [0.2, 0.25) is 35.4 Å². The van der Waals surface area contributed by atoms with Crippen molar-refractivity contribution in [1.29, 1.82) is 0 Å². The van der Waals surface area contributed by atoms with Gasteiger partial charge in [0.05, 0.1) is 0 Å². The van der Waals surface area contributed by atoms with Gasteiger partial charge in [0.15, 0.2) is 0 Å². The van der Waals surface area contributed by atoms with E-state index in [0.717, 1.165) is 72.5 Å². The predicted molar refractivity (Wildman–Crippen MR) is 269 cm³/mol. The van der Waals surface area contributed by atoms with Crippen molar-refractivity contribution in [2.24, 2.45) is 17.4 Å². The molecule has 1 saturated heterocycles. The number of aromatic amines is 1. The quantitative estimate of drug-likeness (QED) is 0.0441. The summed E-state index contributed by atoms with van der Waals surface area (Å²) in [6, 6.07) is 19.2. The number of fused-ring (bicyclic) bond motifs is 1. The first-order chi connectivity index (χ1) is 33.9. The maximum Gasteiger partial charge on any atom is 0.315 e. The Morgan fingerprint density at radius 2 is 1.26 bits per heavy atom. The number of nitrogens with two attached hydrogens (primary N) is 2. The Morgan fingerprint density at radius 3 is 1.91 bits per heavy atom. The predicted octanol–water partition coefficient (Wildman–Crippen LogP) is 3.79. The van der Waals surface area contributed by atoms with Crippen LogP contribution in [-0.2, 0) is 48.0 Å². The third-order valence-electron chi connectivity index (χ3n) is 13.5. The summed E-state index contributed by atoms with van der Waals surface area (Å²) >= 11 is 0. The number of primary amides is 1. The first kappa shape index (κ1) is 52.6. The molecule has 0 bridgehead atoms. The molecule has 6 rings (SSSR count). The standard InChI is InChI=1S/C53H72N10O7/c1-2-3-28-56-53(70)62-44(32-37-21-11-6-12-22-37)49(66)58-41(25-15-27-54)52(69)63-29-16-26-46(63)51(68)61-43(31-36-19-9-5-10-20-36)48(65)60-45(33-38-34-57-40-24-14-13-23-39(38)40)50(67)59-42(47(55)64)30-35-17-7-4-8-18-35/h4,6-8,11-14,17-18,21-24,34,36,41-46,57H,2-3,5,9-10,15-16,19-20,25-33,54H2,1H3,(H2,55,64)(H,58,66)(H,59,67)(H,60,65)(H,61,68)(H2,56,62,70)/t41-,42-,43-,44-,45-,46-/m0/s1. The van der Waals surface area contributed by atoms with Crippen LogP contribution < -0.4 is 43.4 Å². The molecule has 376 valence electrons. The molecule has 1 aromatic heterocycles. The SMILES string of the molecule is CCCCNC(=O)N[C@@H](Cc1ccccc1)C(=O)N[C@@H](CCCN)C(=O)N1CCC[C@H]1C(=O)N[C@@H](CC1CCCCC1)C(=O)N[C@@H](Cc1c[nH]c2ccccc12)C(=O)N[C@@H](Cc1ccccc1)C(N)=O. The van der Waals surface area contributed by atoms with E-state index in [1.54, 1.807) is 6.20 Å². The molecule has 6 atom stereocenters. The highest BCUT2D eigenvalue weighted by atomic mass is 16.2. The highest BCUT2D eigenvalue weighted by Gasteiger charge is 2.40. The molecule has 70 heavy (non-hydrogen) atoms. The van der Waals surface area contributed by atoms with Gasteiger partial charge in [0.25, 0.3) is 0 Å². The molecule has 3 aromatic carbocycles. The molecular weight excluding hydrogens is 889 g/mol. The van der Waals surface area contributed by atoms with Gasteiger partial charge in [-0.25, -0.2) is 4.79 Å². The van der Waals surface area contributed by atoms with Crippen molar-refractivity contribution in [3.05, 3.63) is 108 Å². The first-order valence-corrected chi connectivity index (χ1v) is 25.1. The number of nitrogens with one attached hydrogen (secondary N) is 7. The fourth-order valence-corrected chi connectivity index (χ4v) is 9.60. The van der Waals surface area contributed by atoms with Crippen LogP contribution in [0, 0.1) is 5.92 Å². The maximum absolute atomic E-state index is 14.7. The van der Waals surface area contributed by atoms with E-state index in [-0.39, 0.29) is 44.7 Å². The lowest BCUT2D eigenvalue weighted by atomic mass is 9.84. The summed E-state index contributed by atoms with van der Waals surface area (Å²) in [4.78, 5) is 103. The molecule has 2 heterocycles. The zero-order chi connectivity index (χ0) is 49.8. The van der Waals surface area contributed by atoms with Crippen molar-refractivity contribution in [3.8, 4) is 0 Å². The van der Waals surface area contributed by atoms with E-state index in [0.29, 0.717) is 32.2 Å². The minimum atomic E-state index is -1.17. The number of carbonyl (C=O) groups excluding carboxylic acids is 7. The summed E-state index contributed by atoms with van der Waals surface area (Å²) in [6.45, 7) is 2.94. The second-order valence-corrected chi connectivity index (χ2v) is 18.8. The number of H-pyrrole nitrogens is 1. The highest BCUT2D eigenvalue weighted by molar-refractivity contribution is 5.97. The van der Waals surface area contributed by atoms with Gasteiger partial charge in [-0.3, -0.25) is 28.8 Å². The third-order valence-corrected chi connectivity index (χ3v) is 13.5. The van der Waals surface area contributed by atoms with Crippen LogP contribution in [0.25, 0.3) is 10.9 Å². The average Bonchev–Trinajstić information content (AvgIpc) is 4.03. The number of rotatable bonds is 25. The van der Waals surface area contributed by atoms with Gasteiger partial charge in [-0.2, -0.15) is 0 Å². The zero-order valence-corrected chi connectivity index (χ0v) is 40.4. The average molecular weight is 961 g/mol. The topological polar surface area (TPSA) is 263 Å². The molecule has 0 radical (unpaired) electrons. The summed E-state index contributed by atoms with van der Waals surface area (Å²) in [7, 11) is 0. The summed E-state index contributed by atoms with van der Waals surface area (Å²) in [5, 5.41) is 18.1. The minimum absolute atomic E-state index is 0.0641. The van der Waals surface area contributed by atoms with Gasteiger partial charge >= 0.3 is 6.03 Å². The van der Waals surface area contributed by atoms with Crippen molar-refractivity contribution < 1.29 is 33.6 Å². The number of para-hydroxylation sites is 1. The fourth-order valence-electron chi connectivity index (χ4n) is 9.60. The number of nitrogens with zero attached hydrogens (tertiary/aromatic N) is 1. The first-order valence-electron chi connectivity index (χ1n) is 25.1. The van der Waals surface area contributed by atoms with E-state index < -0.39 is 77.7 Å². The lowest BCUT2D eigenvalue weighted by Gasteiger charge is -2.32. The Labute approximate surface area is 410 Å². The molecule has 4 aromatic rings. The minimum Gasteiger partial charge on any atom is -0.368 e. The Morgan fingerprint density at radius 1 is 0.657 bits per heavy atom. The molecular formula is C53H72N10O7. The largest absolute Gasteiger partial charge is 0.368 e. The van der Waals surface area contributed by atoms with E-state index in [1.165, 1.54) is 4.90 Å². The van der Waals surface area contributed by atoms with E-state index in [1.807, 2.05) is 91.9 Å². The monoisotopic (exact) mass is 961 g/mol. The van der Waals surface area contributed by atoms with E-state index in [9.17, 15) is 33.6 Å². The molecule has 2 aliphatic rings. The van der Waals surface area contributed by atoms with E-state index in [4.69, 9.17) is 11.5 Å². The molecule has 0 unspecified atom stereocenters. The van der Waals surface area contributed by atoms with Crippen molar-refractivity contribution in [2.75, 3.05) is 19.6 Å². The lowest BCUT2D eigenvalue weighted by molar-refractivity contribution is -0.142. The summed E-state index contributed by atoms with van der Waals surface area (Å²) in [6.07, 6.45) is 10.4. The van der Waals surface area contributed by atoms with Crippen LogP contribution in [0.1, 0.15) is 101 Å². The normalized spacial score (nSPS) is 17.1. The Bertz CT molecular complexity index is 2360. The molecule has 17 nitrogen and oxygen atoms in total. The zero-order valence-electron chi connectivity index (χ0n) is 40.4. The van der Waals surface area contributed by atoms with Crippen molar-refractivity contribution >= 4 is 52.4 Å². The van der Waals surface area contributed by atoms with Crippen LogP contribution in [0.2, 0.25) is 0 Å². The number of aromatic nitrogens is 1. The van der Waals surface area contributed by atoms with Crippen molar-refractivity contribution in [2.45, 2.75) is 139 Å². The van der Waals surface area contributed by atoms with Crippen molar-refractivity contribution in [1.82, 2.24) is 41.8 Å². The highest BCUT2D eigenvalue weighted by Crippen LogP contribution is 2.28. The number of amides is 8. The maximum atomic E-state index is 14.7. The van der Waals surface area contributed by atoms with Gasteiger partial charge in [-0.15, -0.1) is 0 Å². The number of urea groups is 1. The van der Waals surface area contributed by atoms with Crippen LogP contribution >= 0.6 is 0 Å².